The molecule has 7 nitrogen and oxygen atoms in total. The third-order valence-corrected chi connectivity index (χ3v) is 3.78. The molecule has 1 saturated carbocycles. The van der Waals surface area contributed by atoms with Crippen LogP contribution in [0.15, 0.2) is 18.2 Å². The van der Waals surface area contributed by atoms with Gasteiger partial charge in [-0.25, -0.2) is 4.79 Å². The van der Waals surface area contributed by atoms with Crippen LogP contribution in [0.4, 0.5) is 5.69 Å². The van der Waals surface area contributed by atoms with Gasteiger partial charge in [0.15, 0.2) is 6.61 Å². The second-order valence-corrected chi connectivity index (χ2v) is 5.33. The van der Waals surface area contributed by atoms with Crippen molar-refractivity contribution in [2.45, 2.75) is 38.6 Å². The molecule has 1 aromatic carbocycles. The number of nitrogens with one attached hydrogen (secondary N) is 1. The molecule has 0 bridgehead atoms. The first-order valence-corrected chi connectivity index (χ1v) is 7.19. The van der Waals surface area contributed by atoms with E-state index in [-0.39, 0.29) is 35.4 Å². The molecular weight excluding hydrogens is 288 g/mol. The minimum atomic E-state index is -0.734. The number of ether oxygens (including phenoxy) is 1. The Hall–Kier alpha value is -2.44. The van der Waals surface area contributed by atoms with Crippen molar-refractivity contribution in [1.29, 1.82) is 0 Å². The molecule has 1 aliphatic rings. The van der Waals surface area contributed by atoms with E-state index in [0.29, 0.717) is 0 Å². The average Bonchev–Trinajstić information content (AvgIpc) is 2.97. The van der Waals surface area contributed by atoms with E-state index in [2.05, 4.69) is 5.32 Å². The third-order valence-electron chi connectivity index (χ3n) is 3.78. The van der Waals surface area contributed by atoms with Gasteiger partial charge in [0.1, 0.15) is 0 Å². The number of nitro groups is 1. The molecule has 0 aromatic heterocycles. The molecule has 0 saturated heterocycles. The van der Waals surface area contributed by atoms with E-state index in [1.165, 1.54) is 25.1 Å². The lowest BCUT2D eigenvalue weighted by atomic mass is 10.1. The Labute approximate surface area is 127 Å². The van der Waals surface area contributed by atoms with Crippen LogP contribution in [0, 0.1) is 17.0 Å². The van der Waals surface area contributed by atoms with Gasteiger partial charge in [-0.1, -0.05) is 18.9 Å². The first-order chi connectivity index (χ1) is 10.5. The Morgan fingerprint density at radius 1 is 1.36 bits per heavy atom. The smallest absolute Gasteiger partial charge is 0.339 e. The van der Waals surface area contributed by atoms with E-state index in [9.17, 15) is 19.7 Å². The van der Waals surface area contributed by atoms with E-state index in [4.69, 9.17) is 4.74 Å². The summed E-state index contributed by atoms with van der Waals surface area (Å²) in [6, 6.07) is 4.34. The summed E-state index contributed by atoms with van der Waals surface area (Å²) in [5, 5.41) is 13.7. The maximum absolute atomic E-state index is 12.0. The summed E-state index contributed by atoms with van der Waals surface area (Å²) >= 11 is 0. The zero-order chi connectivity index (χ0) is 16.1. The quantitative estimate of drug-likeness (QED) is 0.510. The molecule has 1 amide bonds. The summed E-state index contributed by atoms with van der Waals surface area (Å²) in [6.45, 7) is 1.10. The molecule has 0 spiro atoms. The lowest BCUT2D eigenvalue weighted by Crippen LogP contribution is -2.35. The van der Waals surface area contributed by atoms with Gasteiger partial charge in [-0.3, -0.25) is 14.9 Å². The van der Waals surface area contributed by atoms with E-state index in [1.54, 1.807) is 0 Å². The van der Waals surface area contributed by atoms with Crippen molar-refractivity contribution in [2.75, 3.05) is 6.61 Å². The van der Waals surface area contributed by atoms with Crippen LogP contribution < -0.4 is 5.32 Å². The second-order valence-electron chi connectivity index (χ2n) is 5.33. The zero-order valence-corrected chi connectivity index (χ0v) is 12.3. The predicted octanol–water partition coefficient (Wildman–Crippen LogP) is 2.12. The van der Waals surface area contributed by atoms with E-state index in [0.717, 1.165) is 25.7 Å². The van der Waals surface area contributed by atoms with E-state index >= 15 is 0 Å². The molecule has 2 rings (SSSR count). The second kappa shape index (κ2) is 7.02. The number of esters is 1. The largest absolute Gasteiger partial charge is 0.452 e. The molecule has 0 radical (unpaired) electrons. The van der Waals surface area contributed by atoms with Crippen LogP contribution in [0.1, 0.15) is 41.6 Å². The monoisotopic (exact) mass is 306 g/mol. The minimum absolute atomic E-state index is 0.0999. The normalized spacial score (nSPS) is 14.6. The molecule has 0 atom stereocenters. The molecule has 22 heavy (non-hydrogen) atoms. The van der Waals surface area contributed by atoms with Gasteiger partial charge >= 0.3 is 5.97 Å². The van der Waals surface area contributed by atoms with Crippen LogP contribution in [0.5, 0.6) is 0 Å². The highest BCUT2D eigenvalue weighted by Gasteiger charge is 2.21. The number of amides is 1. The molecule has 1 N–H and O–H groups in total. The molecule has 0 aliphatic heterocycles. The van der Waals surface area contributed by atoms with Gasteiger partial charge in [-0.05, 0) is 25.8 Å². The third kappa shape index (κ3) is 3.81. The summed E-state index contributed by atoms with van der Waals surface area (Å²) in [5.41, 5.74) is 0.182. The first kappa shape index (κ1) is 15.9. The highest BCUT2D eigenvalue weighted by molar-refractivity contribution is 5.93. The summed E-state index contributed by atoms with van der Waals surface area (Å²) in [6.07, 6.45) is 4.09. The number of hydrogen-bond acceptors (Lipinski definition) is 5. The summed E-state index contributed by atoms with van der Waals surface area (Å²) in [7, 11) is 0. The van der Waals surface area contributed by atoms with Crippen molar-refractivity contribution in [1.82, 2.24) is 5.32 Å². The van der Waals surface area contributed by atoms with Gasteiger partial charge in [0.05, 0.1) is 10.5 Å². The number of rotatable bonds is 5. The Bertz CT molecular complexity index is 594. The lowest BCUT2D eigenvalue weighted by molar-refractivity contribution is -0.385. The van der Waals surface area contributed by atoms with E-state index < -0.39 is 10.9 Å². The van der Waals surface area contributed by atoms with Gasteiger partial charge in [0.25, 0.3) is 11.6 Å². The average molecular weight is 306 g/mol. The van der Waals surface area contributed by atoms with Crippen LogP contribution >= 0.6 is 0 Å². The Morgan fingerprint density at radius 3 is 2.68 bits per heavy atom. The number of carbonyl (C=O) groups is 2. The fourth-order valence-corrected chi connectivity index (χ4v) is 2.59. The van der Waals surface area contributed by atoms with Crippen LogP contribution in [-0.2, 0) is 9.53 Å². The molecule has 1 aromatic rings. The van der Waals surface area contributed by atoms with Crippen LogP contribution in [0.25, 0.3) is 0 Å². The van der Waals surface area contributed by atoms with Crippen molar-refractivity contribution in [3.63, 3.8) is 0 Å². The highest BCUT2D eigenvalue weighted by Crippen LogP contribution is 2.21. The Kier molecular flexibility index (Phi) is 5.08. The summed E-state index contributed by atoms with van der Waals surface area (Å²) in [5.74, 6) is -1.08. The summed E-state index contributed by atoms with van der Waals surface area (Å²) < 4.78 is 4.94. The van der Waals surface area contributed by atoms with Crippen molar-refractivity contribution in [3.05, 3.63) is 39.4 Å². The van der Waals surface area contributed by atoms with Gasteiger partial charge in [-0.2, -0.15) is 0 Å². The van der Waals surface area contributed by atoms with Crippen LogP contribution in [0.2, 0.25) is 0 Å². The maximum Gasteiger partial charge on any atom is 0.339 e. The topological polar surface area (TPSA) is 98.5 Å². The van der Waals surface area contributed by atoms with Gasteiger partial charge in [0.2, 0.25) is 0 Å². The molecule has 7 heteroatoms. The molecule has 118 valence electrons. The minimum Gasteiger partial charge on any atom is -0.452 e. The molecule has 1 aliphatic carbocycles. The van der Waals surface area contributed by atoms with Gasteiger partial charge in [0, 0.05) is 17.7 Å². The molecule has 0 unspecified atom stereocenters. The fourth-order valence-electron chi connectivity index (χ4n) is 2.59. The van der Waals surface area contributed by atoms with Crippen molar-refractivity contribution in [3.8, 4) is 0 Å². The number of hydrogen-bond donors (Lipinski definition) is 1. The van der Waals surface area contributed by atoms with Crippen molar-refractivity contribution < 1.29 is 19.2 Å². The Morgan fingerprint density at radius 2 is 2.05 bits per heavy atom. The molecule has 1 fully saturated rings. The predicted molar refractivity (Wildman–Crippen MR) is 78.5 cm³/mol. The standard InChI is InChI=1S/C15H18N2O5/c1-10-12(7-4-8-13(10)17(20)21)15(19)22-9-14(18)16-11-5-2-3-6-11/h4,7-8,11H,2-3,5-6,9H2,1H3,(H,16,18). The number of benzene rings is 1. The van der Waals surface area contributed by atoms with Gasteiger partial charge < -0.3 is 10.1 Å². The highest BCUT2D eigenvalue weighted by atomic mass is 16.6. The van der Waals surface area contributed by atoms with Crippen LogP contribution in [-0.4, -0.2) is 29.4 Å². The zero-order valence-electron chi connectivity index (χ0n) is 12.3. The van der Waals surface area contributed by atoms with E-state index in [1.807, 2.05) is 0 Å². The summed E-state index contributed by atoms with van der Waals surface area (Å²) in [4.78, 5) is 33.9. The van der Waals surface area contributed by atoms with Crippen LogP contribution in [0.3, 0.4) is 0 Å². The number of nitro benzene ring substituents is 1. The van der Waals surface area contributed by atoms with Crippen molar-refractivity contribution >= 4 is 17.6 Å². The Balaban J connectivity index is 1.93. The SMILES string of the molecule is Cc1c(C(=O)OCC(=O)NC2CCCC2)cccc1[N+](=O)[O-]. The van der Waals surface area contributed by atoms with Gasteiger partial charge in [-0.15, -0.1) is 0 Å². The maximum atomic E-state index is 12.0. The van der Waals surface area contributed by atoms with Crippen molar-refractivity contribution in [2.24, 2.45) is 0 Å². The molecular formula is C15H18N2O5. The molecule has 0 heterocycles. The first-order valence-electron chi connectivity index (χ1n) is 7.19. The number of carbonyl (C=O) groups excluding carboxylic acids is 2. The number of nitrogens with zero attached hydrogens (tertiary/aromatic N) is 1. The fraction of sp³-hybridized carbons (Fsp3) is 0.467. The lowest BCUT2D eigenvalue weighted by Gasteiger charge is -2.12.